The number of methoxy groups -OCH3 is 2. The van der Waals surface area contributed by atoms with Crippen LogP contribution in [-0.2, 0) is 14.3 Å². The van der Waals surface area contributed by atoms with Crippen molar-refractivity contribution in [3.8, 4) is 0 Å². The molecule has 0 aromatic heterocycles. The number of benzene rings is 1. The molecule has 3 nitrogen and oxygen atoms in total. The number of allylic oxidation sites excluding steroid dienone is 2. The number of hydrogen-bond donors (Lipinski definition) is 0. The lowest BCUT2D eigenvalue weighted by molar-refractivity contribution is -0.146. The number of halogens is 1. The summed E-state index contributed by atoms with van der Waals surface area (Å²) in [6.45, 7) is 2.07. The van der Waals surface area contributed by atoms with E-state index in [1.165, 1.54) is 13.2 Å². The van der Waals surface area contributed by atoms with Gasteiger partial charge in [0.1, 0.15) is 5.82 Å². The van der Waals surface area contributed by atoms with Crippen molar-refractivity contribution in [1.29, 1.82) is 0 Å². The Hall–Kier alpha value is -1.94. The lowest BCUT2D eigenvalue weighted by Crippen LogP contribution is -2.21. The molecule has 0 radical (unpaired) electrons. The smallest absolute Gasteiger partial charge is 0.316 e. The maximum absolute atomic E-state index is 13.7. The van der Waals surface area contributed by atoms with Gasteiger partial charge in [0.15, 0.2) is 0 Å². The zero-order chi connectivity index (χ0) is 17.1. The van der Waals surface area contributed by atoms with Crippen LogP contribution in [0, 0.1) is 29.0 Å². The number of rotatable bonds is 3. The highest BCUT2D eigenvalue weighted by Gasteiger charge is 2.69. The maximum Gasteiger partial charge on any atom is 0.316 e. The second-order valence-electron chi connectivity index (χ2n) is 7.00. The molecule has 1 aromatic carbocycles. The molecule has 0 aliphatic heterocycles. The van der Waals surface area contributed by atoms with E-state index in [1.807, 2.05) is 0 Å². The van der Waals surface area contributed by atoms with Crippen LogP contribution in [-0.4, -0.2) is 20.2 Å². The first kappa shape index (κ1) is 15.6. The summed E-state index contributed by atoms with van der Waals surface area (Å²) < 4.78 is 24.4. The topological polar surface area (TPSA) is 35.5 Å². The van der Waals surface area contributed by atoms with Crippen LogP contribution in [0.15, 0.2) is 36.4 Å². The van der Waals surface area contributed by atoms with Crippen LogP contribution in [0.5, 0.6) is 0 Å². The van der Waals surface area contributed by atoms with Crippen molar-refractivity contribution in [3.05, 3.63) is 53.4 Å². The predicted octanol–water partition coefficient (Wildman–Crippen LogP) is 3.91. The van der Waals surface area contributed by atoms with Gasteiger partial charge in [-0.3, -0.25) is 4.79 Å². The Morgan fingerprint density at radius 1 is 1.38 bits per heavy atom. The highest BCUT2D eigenvalue weighted by atomic mass is 19.1. The van der Waals surface area contributed by atoms with E-state index < -0.39 is 5.41 Å². The van der Waals surface area contributed by atoms with Crippen molar-refractivity contribution in [2.75, 3.05) is 14.2 Å². The molecule has 4 rings (SSSR count). The van der Waals surface area contributed by atoms with Crippen molar-refractivity contribution in [2.24, 2.45) is 23.2 Å². The fraction of sp³-hybridized carbons (Fsp3) is 0.450. The van der Waals surface area contributed by atoms with Crippen LogP contribution in [0.25, 0.3) is 5.57 Å². The summed E-state index contributed by atoms with van der Waals surface area (Å²) in [6.07, 6.45) is 7.05. The summed E-state index contributed by atoms with van der Waals surface area (Å²) in [7, 11) is 3.09. The minimum atomic E-state index is -0.568. The van der Waals surface area contributed by atoms with Gasteiger partial charge in [0.2, 0.25) is 0 Å². The molecular formula is C20H21FO3. The zero-order valence-electron chi connectivity index (χ0n) is 14.1. The fourth-order valence-corrected chi connectivity index (χ4v) is 4.75. The van der Waals surface area contributed by atoms with Gasteiger partial charge < -0.3 is 9.47 Å². The van der Waals surface area contributed by atoms with Crippen molar-refractivity contribution >= 4 is 11.5 Å². The van der Waals surface area contributed by atoms with Gasteiger partial charge >= 0.3 is 5.97 Å². The van der Waals surface area contributed by atoms with Gasteiger partial charge in [-0.15, -0.1) is 0 Å². The molecule has 0 heterocycles. The van der Waals surface area contributed by atoms with Crippen LogP contribution < -0.4 is 0 Å². The number of ether oxygens (including phenoxy) is 2. The molecule has 0 N–H and O–H groups in total. The van der Waals surface area contributed by atoms with E-state index in [-0.39, 0.29) is 35.6 Å². The highest BCUT2D eigenvalue weighted by molar-refractivity contribution is 5.89. The first-order chi connectivity index (χ1) is 11.5. The Labute approximate surface area is 141 Å². The average Bonchev–Trinajstić information content (AvgIpc) is 2.89. The predicted molar refractivity (Wildman–Crippen MR) is 88.5 cm³/mol. The minimum absolute atomic E-state index is 0.0682. The Bertz CT molecular complexity index is 766. The van der Waals surface area contributed by atoms with Crippen LogP contribution in [0.4, 0.5) is 4.39 Å². The zero-order valence-corrected chi connectivity index (χ0v) is 14.1. The molecule has 0 saturated heterocycles. The largest absolute Gasteiger partial charge is 0.468 e. The summed E-state index contributed by atoms with van der Waals surface area (Å²) in [5, 5.41) is 0. The second-order valence-corrected chi connectivity index (χ2v) is 7.00. The first-order valence-corrected chi connectivity index (χ1v) is 8.35. The van der Waals surface area contributed by atoms with Crippen LogP contribution >= 0.6 is 0 Å². The summed E-state index contributed by atoms with van der Waals surface area (Å²) in [5.74, 6) is 0.133. The van der Waals surface area contributed by atoms with E-state index in [9.17, 15) is 9.18 Å². The van der Waals surface area contributed by atoms with Gasteiger partial charge in [0, 0.05) is 18.9 Å². The molecule has 1 saturated carbocycles. The Balaban J connectivity index is 1.83. The first-order valence-electron chi connectivity index (χ1n) is 8.35. The van der Waals surface area contributed by atoms with Gasteiger partial charge in [-0.1, -0.05) is 31.2 Å². The van der Waals surface area contributed by atoms with Gasteiger partial charge in [-0.05, 0) is 41.2 Å². The third-order valence-corrected chi connectivity index (χ3v) is 5.99. The molecule has 0 bridgehead atoms. The number of carbonyl (C=O) groups excluding carboxylic acids is 1. The van der Waals surface area contributed by atoms with Crippen molar-refractivity contribution in [3.63, 3.8) is 0 Å². The Morgan fingerprint density at radius 3 is 2.79 bits per heavy atom. The minimum Gasteiger partial charge on any atom is -0.468 e. The number of hydrogen-bond acceptors (Lipinski definition) is 3. The van der Waals surface area contributed by atoms with Crippen LogP contribution in [0.2, 0.25) is 0 Å². The van der Waals surface area contributed by atoms with E-state index in [0.717, 1.165) is 23.1 Å². The molecule has 4 heteroatoms. The van der Waals surface area contributed by atoms with Gasteiger partial charge in [-0.25, -0.2) is 4.39 Å². The highest BCUT2D eigenvalue weighted by Crippen LogP contribution is 2.67. The van der Waals surface area contributed by atoms with E-state index in [0.29, 0.717) is 0 Å². The van der Waals surface area contributed by atoms with Gasteiger partial charge in [0.05, 0.1) is 18.6 Å². The lowest BCUT2D eigenvalue weighted by atomic mass is 9.90. The van der Waals surface area contributed by atoms with Crippen LogP contribution in [0.3, 0.4) is 0 Å². The van der Waals surface area contributed by atoms with Crippen LogP contribution in [0.1, 0.15) is 30.6 Å². The maximum atomic E-state index is 13.7. The third kappa shape index (κ3) is 1.89. The summed E-state index contributed by atoms with van der Waals surface area (Å²) >= 11 is 0. The van der Waals surface area contributed by atoms with E-state index in [2.05, 4.69) is 25.2 Å². The quantitative estimate of drug-likeness (QED) is 0.623. The molecule has 126 valence electrons. The second kappa shape index (κ2) is 5.28. The van der Waals surface area contributed by atoms with Crippen molar-refractivity contribution in [1.82, 2.24) is 0 Å². The number of carbonyl (C=O) groups is 1. The molecule has 0 spiro atoms. The molecule has 1 fully saturated rings. The Morgan fingerprint density at radius 2 is 2.17 bits per heavy atom. The molecule has 0 amide bonds. The Kier molecular flexibility index (Phi) is 3.43. The van der Waals surface area contributed by atoms with E-state index in [1.54, 1.807) is 19.2 Å². The molecule has 5 atom stereocenters. The number of esters is 1. The molecule has 24 heavy (non-hydrogen) atoms. The fourth-order valence-electron chi connectivity index (χ4n) is 4.75. The summed E-state index contributed by atoms with van der Waals surface area (Å²) in [6, 6.07) is 4.81. The van der Waals surface area contributed by atoms with E-state index in [4.69, 9.17) is 9.47 Å². The summed E-state index contributed by atoms with van der Waals surface area (Å²) in [4.78, 5) is 12.5. The standard InChI is InChI=1S/C20H21FO3/c1-11-15(13-8-7-12(21)9-14(13)18(11)23-2)10-20(19(22)24-3)16-5-4-6-17(16)20/h4-5,7-11,16-18H,6H2,1-3H3/t11-,16-,17+,18+,20+/m1/s1. The molecule has 0 unspecified atom stereocenters. The molecule has 1 aromatic rings. The molecule has 3 aliphatic rings. The normalized spacial score (nSPS) is 37.4. The third-order valence-electron chi connectivity index (χ3n) is 5.99. The van der Waals surface area contributed by atoms with Crippen molar-refractivity contribution < 1.29 is 18.7 Å². The molecular weight excluding hydrogens is 307 g/mol. The molecule has 3 aliphatic carbocycles. The SMILES string of the molecule is COC(=O)[C@@]1(C=C2c3ccc(F)cc3[C@@H](OC)[C@@H]2C)[C@@H]2C=CC[C@@H]21. The monoisotopic (exact) mass is 328 g/mol. The average molecular weight is 328 g/mol. The van der Waals surface area contributed by atoms with E-state index >= 15 is 0 Å². The lowest BCUT2D eigenvalue weighted by Gasteiger charge is -2.18. The van der Waals surface area contributed by atoms with Gasteiger partial charge in [0.25, 0.3) is 0 Å². The summed E-state index contributed by atoms with van der Waals surface area (Å²) in [5.41, 5.74) is 2.33. The number of fused-ring (bicyclic) bond motifs is 2. The van der Waals surface area contributed by atoms with Gasteiger partial charge in [-0.2, -0.15) is 0 Å². The van der Waals surface area contributed by atoms with Crippen molar-refractivity contribution in [2.45, 2.75) is 19.4 Å².